The minimum atomic E-state index is -1.04. The highest BCUT2D eigenvalue weighted by atomic mass is 35.5. The maximum Gasteiger partial charge on any atom is 0.329 e. The molecule has 1 atom stereocenters. The van der Waals surface area contributed by atoms with Crippen LogP contribution in [0.15, 0.2) is 48.5 Å². The Labute approximate surface area is 209 Å². The number of phenols is 1. The normalized spacial score (nSPS) is 14.5. The molecule has 0 unspecified atom stereocenters. The molecule has 1 heterocycles. The summed E-state index contributed by atoms with van der Waals surface area (Å²) in [6.45, 7) is 0.400. The van der Waals surface area contributed by atoms with E-state index in [1.54, 1.807) is 41.3 Å². The van der Waals surface area contributed by atoms with Gasteiger partial charge >= 0.3 is 5.97 Å². The molecule has 0 aliphatic carbocycles. The van der Waals surface area contributed by atoms with E-state index in [2.05, 4.69) is 5.32 Å². The summed E-state index contributed by atoms with van der Waals surface area (Å²) in [6, 6.07) is 11.8. The molecule has 2 aromatic carbocycles. The van der Waals surface area contributed by atoms with Crippen molar-refractivity contribution in [3.63, 3.8) is 0 Å². The van der Waals surface area contributed by atoms with Crippen molar-refractivity contribution in [2.24, 2.45) is 5.73 Å². The Bertz CT molecular complexity index is 1040. The number of hydrogen-bond donors (Lipinski definition) is 5. The molecule has 1 fully saturated rings. The molecule has 6 N–H and O–H groups in total. The molecule has 11 heteroatoms. The van der Waals surface area contributed by atoms with Gasteiger partial charge in [0, 0.05) is 30.6 Å². The Kier molecular flexibility index (Phi) is 10.0. The standard InChI is InChI=1S/C24H28N4O6.ClH/c25-22(26)16-3-5-17(6-4-16)23(32)27-20(13-15-1-7-18(29)8-2-15)24(33)28-11-9-19(10-12-28)34-14-21(30)31;/h1-8,19-20,29H,9-14H2,(H3,25,26)(H,27,32)(H,30,31);1H/t20-;/m0./s1. The highest BCUT2D eigenvalue weighted by Gasteiger charge is 2.30. The zero-order valence-electron chi connectivity index (χ0n) is 19.0. The van der Waals surface area contributed by atoms with Crippen LogP contribution in [-0.4, -0.2) is 70.6 Å². The number of nitrogens with zero attached hydrogens (tertiary/aromatic N) is 1. The monoisotopic (exact) mass is 504 g/mol. The molecule has 0 aromatic heterocycles. The van der Waals surface area contributed by atoms with E-state index in [1.165, 1.54) is 12.1 Å². The number of nitrogen functional groups attached to an aromatic ring is 1. The van der Waals surface area contributed by atoms with E-state index in [0.29, 0.717) is 37.1 Å². The first-order chi connectivity index (χ1) is 16.2. The number of halogens is 1. The summed E-state index contributed by atoms with van der Waals surface area (Å²) in [5.41, 5.74) is 7.04. The molecule has 1 saturated heterocycles. The summed E-state index contributed by atoms with van der Waals surface area (Å²) in [4.78, 5) is 38.6. The number of amidine groups is 1. The molecule has 0 saturated carbocycles. The number of nitrogens with one attached hydrogen (secondary N) is 2. The van der Waals surface area contributed by atoms with E-state index >= 15 is 0 Å². The molecule has 0 radical (unpaired) electrons. The number of carboxylic acids is 1. The van der Waals surface area contributed by atoms with Crippen LogP contribution in [0.25, 0.3) is 0 Å². The summed E-state index contributed by atoms with van der Waals surface area (Å²) in [5, 5.41) is 28.6. The van der Waals surface area contributed by atoms with Crippen molar-refractivity contribution in [1.29, 1.82) is 5.41 Å². The summed E-state index contributed by atoms with van der Waals surface area (Å²) in [7, 11) is 0. The third-order valence-electron chi connectivity index (χ3n) is 5.63. The van der Waals surface area contributed by atoms with Crippen LogP contribution in [0, 0.1) is 5.41 Å². The van der Waals surface area contributed by atoms with Crippen LogP contribution in [0.5, 0.6) is 5.75 Å². The number of phenolic OH excluding ortho intramolecular Hbond substituents is 1. The highest BCUT2D eigenvalue weighted by molar-refractivity contribution is 5.99. The van der Waals surface area contributed by atoms with Gasteiger partial charge in [-0.3, -0.25) is 15.0 Å². The number of rotatable bonds is 9. The minimum absolute atomic E-state index is 0. The Morgan fingerprint density at radius 2 is 1.63 bits per heavy atom. The van der Waals surface area contributed by atoms with Gasteiger partial charge in [-0.1, -0.05) is 24.3 Å². The second-order valence-electron chi connectivity index (χ2n) is 8.12. The van der Waals surface area contributed by atoms with Crippen LogP contribution in [0.4, 0.5) is 0 Å². The number of ether oxygens (including phenoxy) is 1. The second-order valence-corrected chi connectivity index (χ2v) is 8.12. The number of aliphatic carboxylic acids is 1. The zero-order valence-corrected chi connectivity index (χ0v) is 19.8. The van der Waals surface area contributed by atoms with Gasteiger partial charge < -0.3 is 30.9 Å². The van der Waals surface area contributed by atoms with Crippen LogP contribution in [0.2, 0.25) is 0 Å². The Morgan fingerprint density at radius 3 is 2.17 bits per heavy atom. The van der Waals surface area contributed by atoms with E-state index in [0.717, 1.165) is 5.56 Å². The number of likely N-dealkylation sites (tertiary alicyclic amines) is 1. The first-order valence-corrected chi connectivity index (χ1v) is 10.9. The third-order valence-corrected chi connectivity index (χ3v) is 5.63. The van der Waals surface area contributed by atoms with Crippen molar-refractivity contribution in [1.82, 2.24) is 10.2 Å². The number of carbonyl (C=O) groups excluding carboxylic acids is 2. The molecule has 10 nitrogen and oxygen atoms in total. The summed E-state index contributed by atoms with van der Waals surface area (Å²) in [5.74, 6) is -1.73. The minimum Gasteiger partial charge on any atom is -0.508 e. The summed E-state index contributed by atoms with van der Waals surface area (Å²) in [6.07, 6.45) is 1.01. The molecule has 0 bridgehead atoms. The van der Waals surface area contributed by atoms with Crippen molar-refractivity contribution in [3.8, 4) is 5.75 Å². The van der Waals surface area contributed by atoms with Crippen molar-refractivity contribution in [2.45, 2.75) is 31.4 Å². The Balaban J connectivity index is 0.00000432. The van der Waals surface area contributed by atoms with Gasteiger partial charge in [0.05, 0.1) is 6.10 Å². The van der Waals surface area contributed by atoms with E-state index in [9.17, 15) is 19.5 Å². The van der Waals surface area contributed by atoms with Gasteiger partial charge in [0.1, 0.15) is 24.2 Å². The quantitative estimate of drug-likeness (QED) is 0.255. The fourth-order valence-electron chi connectivity index (χ4n) is 3.76. The molecule has 188 valence electrons. The Hall–Kier alpha value is -3.63. The van der Waals surface area contributed by atoms with Crippen molar-refractivity contribution in [2.75, 3.05) is 19.7 Å². The van der Waals surface area contributed by atoms with Crippen LogP contribution >= 0.6 is 12.4 Å². The topological polar surface area (TPSA) is 166 Å². The SMILES string of the molecule is Cl.N=C(N)c1ccc(C(=O)N[C@@H](Cc2ccc(O)cc2)C(=O)N2CCC(OCC(=O)O)CC2)cc1. The number of amides is 2. The fraction of sp³-hybridized carbons (Fsp3) is 0.333. The van der Waals surface area contributed by atoms with Crippen LogP contribution < -0.4 is 11.1 Å². The van der Waals surface area contributed by atoms with Gasteiger partial charge in [-0.15, -0.1) is 12.4 Å². The van der Waals surface area contributed by atoms with E-state index in [1.807, 2.05) is 0 Å². The molecule has 2 aromatic rings. The lowest BCUT2D eigenvalue weighted by Crippen LogP contribution is -2.52. The second kappa shape index (κ2) is 12.7. The molecule has 1 aliphatic rings. The lowest BCUT2D eigenvalue weighted by atomic mass is 10.0. The molecular weight excluding hydrogens is 476 g/mol. The number of aromatic hydroxyl groups is 1. The summed E-state index contributed by atoms with van der Waals surface area (Å²) < 4.78 is 5.33. The lowest BCUT2D eigenvalue weighted by Gasteiger charge is -2.34. The van der Waals surface area contributed by atoms with Gasteiger partial charge in [-0.25, -0.2) is 4.79 Å². The van der Waals surface area contributed by atoms with E-state index in [-0.39, 0.29) is 49.0 Å². The van der Waals surface area contributed by atoms with Gasteiger partial charge in [-0.05, 0) is 42.7 Å². The maximum absolute atomic E-state index is 13.3. The van der Waals surface area contributed by atoms with Crippen molar-refractivity contribution >= 4 is 36.0 Å². The van der Waals surface area contributed by atoms with Crippen LogP contribution in [0.1, 0.15) is 34.3 Å². The number of carbonyl (C=O) groups is 3. The van der Waals surface area contributed by atoms with E-state index in [4.69, 9.17) is 21.0 Å². The highest BCUT2D eigenvalue weighted by Crippen LogP contribution is 2.17. The molecule has 2 amide bonds. The lowest BCUT2D eigenvalue weighted by molar-refractivity contribution is -0.147. The number of benzene rings is 2. The molecule has 0 spiro atoms. The van der Waals surface area contributed by atoms with Crippen molar-refractivity contribution < 1.29 is 29.3 Å². The third kappa shape index (κ3) is 7.97. The van der Waals surface area contributed by atoms with Gasteiger partial charge in [0.25, 0.3) is 5.91 Å². The average molecular weight is 505 g/mol. The number of piperidine rings is 1. The first kappa shape index (κ1) is 27.6. The largest absolute Gasteiger partial charge is 0.508 e. The summed E-state index contributed by atoms with van der Waals surface area (Å²) >= 11 is 0. The molecule has 1 aliphatic heterocycles. The predicted molar refractivity (Wildman–Crippen MR) is 131 cm³/mol. The molecule has 35 heavy (non-hydrogen) atoms. The van der Waals surface area contributed by atoms with Crippen molar-refractivity contribution in [3.05, 3.63) is 65.2 Å². The average Bonchev–Trinajstić information content (AvgIpc) is 2.83. The molecular formula is C24H29ClN4O6. The zero-order chi connectivity index (χ0) is 24.7. The van der Waals surface area contributed by atoms with Gasteiger partial charge in [-0.2, -0.15) is 0 Å². The van der Waals surface area contributed by atoms with Crippen LogP contribution in [0.3, 0.4) is 0 Å². The number of nitrogens with two attached hydrogens (primary N) is 1. The smallest absolute Gasteiger partial charge is 0.329 e. The maximum atomic E-state index is 13.3. The Morgan fingerprint density at radius 1 is 1.06 bits per heavy atom. The van der Waals surface area contributed by atoms with Gasteiger partial charge in [0.15, 0.2) is 0 Å². The fourth-order valence-corrected chi connectivity index (χ4v) is 3.76. The number of carboxylic acid groups (broad SMARTS) is 1. The van der Waals surface area contributed by atoms with Gasteiger partial charge in [0.2, 0.25) is 5.91 Å². The number of hydrogen-bond acceptors (Lipinski definition) is 6. The first-order valence-electron chi connectivity index (χ1n) is 10.9. The van der Waals surface area contributed by atoms with Crippen LogP contribution in [-0.2, 0) is 20.7 Å². The molecule has 3 rings (SSSR count). The predicted octanol–water partition coefficient (Wildman–Crippen LogP) is 1.53. The van der Waals surface area contributed by atoms with E-state index < -0.39 is 17.9 Å².